The predicted octanol–water partition coefficient (Wildman–Crippen LogP) is 2.78. The number of esters is 1. The molecule has 1 heterocycles. The highest BCUT2D eigenvalue weighted by Crippen LogP contribution is 2.35. The highest BCUT2D eigenvalue weighted by Gasteiger charge is 2.23. The Balaban J connectivity index is 2.11. The van der Waals surface area contributed by atoms with Crippen molar-refractivity contribution in [2.45, 2.75) is 0 Å². The SMILES string of the molecule is COc1cc(OC)c(C(=O)Oc2ncncn2)c(-c2ccccc2)c1. The zero-order valence-electron chi connectivity index (χ0n) is 13.7. The van der Waals surface area contributed by atoms with Crippen LogP contribution in [0.3, 0.4) is 0 Å². The summed E-state index contributed by atoms with van der Waals surface area (Å²) in [6.45, 7) is 0. The Labute approximate surface area is 144 Å². The Bertz CT molecular complexity index is 870. The van der Waals surface area contributed by atoms with E-state index in [1.54, 1.807) is 19.2 Å². The second-order valence-corrected chi connectivity index (χ2v) is 4.93. The maximum atomic E-state index is 12.7. The van der Waals surface area contributed by atoms with Gasteiger partial charge in [0, 0.05) is 11.6 Å². The van der Waals surface area contributed by atoms with E-state index in [1.165, 1.54) is 19.8 Å². The van der Waals surface area contributed by atoms with Crippen LogP contribution in [0.15, 0.2) is 55.1 Å². The zero-order chi connectivity index (χ0) is 17.6. The molecule has 2 aromatic carbocycles. The average Bonchev–Trinajstić information content (AvgIpc) is 2.68. The highest BCUT2D eigenvalue weighted by atomic mass is 16.6. The van der Waals surface area contributed by atoms with E-state index in [0.717, 1.165) is 5.56 Å². The Hall–Kier alpha value is -3.48. The van der Waals surface area contributed by atoms with Gasteiger partial charge in [0.05, 0.1) is 14.2 Å². The first-order valence-corrected chi connectivity index (χ1v) is 7.38. The average molecular weight is 337 g/mol. The standard InChI is InChI=1S/C18H15N3O4/c1-23-13-8-14(12-6-4-3-5-7-12)16(15(9-13)24-2)17(22)25-18-20-10-19-11-21-18/h3-11H,1-2H3. The number of carbonyl (C=O) groups is 1. The summed E-state index contributed by atoms with van der Waals surface area (Å²) in [5, 5.41) is 0. The van der Waals surface area contributed by atoms with Gasteiger partial charge in [-0.2, -0.15) is 9.97 Å². The minimum Gasteiger partial charge on any atom is -0.497 e. The largest absolute Gasteiger partial charge is 0.497 e. The number of hydrogen-bond donors (Lipinski definition) is 0. The minimum atomic E-state index is -0.635. The third-order valence-electron chi connectivity index (χ3n) is 3.47. The molecule has 1 aromatic heterocycles. The summed E-state index contributed by atoms with van der Waals surface area (Å²) in [4.78, 5) is 24.0. The molecule has 0 aliphatic rings. The Morgan fingerprint density at radius 2 is 1.68 bits per heavy atom. The van der Waals surface area contributed by atoms with Crippen LogP contribution in [0.5, 0.6) is 17.5 Å². The first-order valence-electron chi connectivity index (χ1n) is 7.38. The van der Waals surface area contributed by atoms with Crippen LogP contribution >= 0.6 is 0 Å². The molecule has 0 bridgehead atoms. The van der Waals surface area contributed by atoms with E-state index in [4.69, 9.17) is 14.2 Å². The van der Waals surface area contributed by atoms with Gasteiger partial charge in [-0.05, 0) is 11.6 Å². The maximum Gasteiger partial charge on any atom is 0.350 e. The number of benzene rings is 2. The molecule has 25 heavy (non-hydrogen) atoms. The van der Waals surface area contributed by atoms with E-state index in [9.17, 15) is 4.79 Å². The number of ether oxygens (including phenoxy) is 3. The molecule has 0 aliphatic carbocycles. The second-order valence-electron chi connectivity index (χ2n) is 4.93. The van der Waals surface area contributed by atoms with Crippen molar-refractivity contribution in [1.82, 2.24) is 15.0 Å². The van der Waals surface area contributed by atoms with Crippen LogP contribution < -0.4 is 14.2 Å². The fraction of sp³-hybridized carbons (Fsp3) is 0.111. The van der Waals surface area contributed by atoms with Gasteiger partial charge in [0.1, 0.15) is 29.7 Å². The van der Waals surface area contributed by atoms with Gasteiger partial charge in [0.2, 0.25) is 0 Å². The van der Waals surface area contributed by atoms with Crippen molar-refractivity contribution in [3.8, 4) is 28.6 Å². The van der Waals surface area contributed by atoms with Crippen LogP contribution in [0.2, 0.25) is 0 Å². The lowest BCUT2D eigenvalue weighted by atomic mass is 9.98. The molecule has 0 fully saturated rings. The van der Waals surface area contributed by atoms with E-state index in [-0.39, 0.29) is 11.6 Å². The number of aromatic nitrogens is 3. The molecule has 0 spiro atoms. The molecule has 0 aliphatic heterocycles. The third kappa shape index (κ3) is 3.55. The van der Waals surface area contributed by atoms with E-state index in [1.807, 2.05) is 30.3 Å². The molecule has 0 saturated carbocycles. The van der Waals surface area contributed by atoms with Crippen LogP contribution in [-0.4, -0.2) is 35.1 Å². The number of hydrogen-bond acceptors (Lipinski definition) is 7. The molecule has 0 saturated heterocycles. The Morgan fingerprint density at radius 3 is 2.32 bits per heavy atom. The summed E-state index contributed by atoms with van der Waals surface area (Å²) in [5.74, 6) is 0.259. The third-order valence-corrected chi connectivity index (χ3v) is 3.47. The fourth-order valence-corrected chi connectivity index (χ4v) is 2.34. The fourth-order valence-electron chi connectivity index (χ4n) is 2.34. The first-order chi connectivity index (χ1) is 12.2. The summed E-state index contributed by atoms with van der Waals surface area (Å²) in [5.41, 5.74) is 1.70. The summed E-state index contributed by atoms with van der Waals surface area (Å²) >= 11 is 0. The van der Waals surface area contributed by atoms with Crippen molar-refractivity contribution < 1.29 is 19.0 Å². The summed E-state index contributed by atoms with van der Waals surface area (Å²) in [7, 11) is 3.02. The Kier molecular flexibility index (Phi) is 4.84. The van der Waals surface area contributed by atoms with E-state index in [2.05, 4.69) is 15.0 Å². The minimum absolute atomic E-state index is 0.0862. The van der Waals surface area contributed by atoms with Crippen molar-refractivity contribution in [2.75, 3.05) is 14.2 Å². The quantitative estimate of drug-likeness (QED) is 0.662. The lowest BCUT2D eigenvalue weighted by molar-refractivity contribution is 0.0716. The van der Waals surface area contributed by atoms with Gasteiger partial charge in [-0.15, -0.1) is 0 Å². The second kappa shape index (κ2) is 7.39. The molecule has 7 heteroatoms. The monoisotopic (exact) mass is 337 g/mol. The van der Waals surface area contributed by atoms with Gasteiger partial charge in [-0.25, -0.2) is 9.78 Å². The molecule has 126 valence electrons. The van der Waals surface area contributed by atoms with Crippen LogP contribution in [0.1, 0.15) is 10.4 Å². The van der Waals surface area contributed by atoms with Crippen molar-refractivity contribution in [3.05, 3.63) is 60.7 Å². The molecule has 3 aromatic rings. The Morgan fingerprint density at radius 1 is 0.960 bits per heavy atom. The summed E-state index contributed by atoms with van der Waals surface area (Å²) in [6.07, 6.45) is 2.50. The maximum absolute atomic E-state index is 12.7. The van der Waals surface area contributed by atoms with Gasteiger partial charge < -0.3 is 14.2 Å². The first kappa shape index (κ1) is 16.4. The van der Waals surface area contributed by atoms with Crippen LogP contribution in [0.25, 0.3) is 11.1 Å². The van der Waals surface area contributed by atoms with Gasteiger partial charge in [-0.3, -0.25) is 0 Å². The van der Waals surface area contributed by atoms with Gasteiger partial charge in [-0.1, -0.05) is 30.3 Å². The van der Waals surface area contributed by atoms with Gasteiger partial charge in [0.15, 0.2) is 0 Å². The molecule has 0 radical (unpaired) electrons. The highest BCUT2D eigenvalue weighted by molar-refractivity contribution is 6.01. The molecule has 3 rings (SSSR count). The smallest absolute Gasteiger partial charge is 0.350 e. The lowest BCUT2D eigenvalue weighted by Crippen LogP contribution is -2.13. The summed E-state index contributed by atoms with van der Waals surface area (Å²) < 4.78 is 15.9. The normalized spacial score (nSPS) is 10.2. The lowest BCUT2D eigenvalue weighted by Gasteiger charge is -2.15. The molecular formula is C18H15N3O4. The van der Waals surface area contributed by atoms with E-state index in [0.29, 0.717) is 17.1 Å². The van der Waals surface area contributed by atoms with Crippen LogP contribution in [0.4, 0.5) is 0 Å². The van der Waals surface area contributed by atoms with E-state index < -0.39 is 5.97 Å². The van der Waals surface area contributed by atoms with Gasteiger partial charge >= 0.3 is 12.0 Å². The molecule has 7 nitrogen and oxygen atoms in total. The molecule has 0 N–H and O–H groups in total. The van der Waals surface area contributed by atoms with Crippen LogP contribution in [0, 0.1) is 0 Å². The van der Waals surface area contributed by atoms with Crippen molar-refractivity contribution in [3.63, 3.8) is 0 Å². The molecule has 0 amide bonds. The molecule has 0 atom stereocenters. The van der Waals surface area contributed by atoms with E-state index >= 15 is 0 Å². The number of nitrogens with zero attached hydrogens (tertiary/aromatic N) is 3. The predicted molar refractivity (Wildman–Crippen MR) is 89.8 cm³/mol. The number of methoxy groups -OCH3 is 2. The van der Waals surface area contributed by atoms with Crippen molar-refractivity contribution in [1.29, 1.82) is 0 Å². The molecule has 0 unspecified atom stereocenters. The van der Waals surface area contributed by atoms with Crippen molar-refractivity contribution in [2.24, 2.45) is 0 Å². The summed E-state index contributed by atoms with van der Waals surface area (Å²) in [6, 6.07) is 12.7. The van der Waals surface area contributed by atoms with Crippen LogP contribution in [-0.2, 0) is 0 Å². The van der Waals surface area contributed by atoms with Gasteiger partial charge in [0.25, 0.3) is 0 Å². The molecular weight excluding hydrogens is 322 g/mol. The zero-order valence-corrected chi connectivity index (χ0v) is 13.7. The topological polar surface area (TPSA) is 83.4 Å². The number of rotatable bonds is 5. The van der Waals surface area contributed by atoms with Crippen molar-refractivity contribution >= 4 is 5.97 Å². The number of carbonyl (C=O) groups excluding carboxylic acids is 1.